The Labute approximate surface area is 274 Å². The monoisotopic (exact) mass is 677 g/mol. The molecule has 0 aromatic heterocycles. The SMILES string of the molecule is CC(C)c1cc(C(C)C)c([PH+](C)C(=Nc2c(C(C)C)cccc2C(C)C)c2ccccc2)c(C(C)C)c1.CC=[N-].[CH3-].[Pd]. The quantitative estimate of drug-likeness (QED) is 0.0935. The van der Waals surface area contributed by atoms with Gasteiger partial charge in [-0.25, -0.2) is 11.2 Å². The van der Waals surface area contributed by atoms with Gasteiger partial charge in [0.15, 0.2) is 5.45 Å². The van der Waals surface area contributed by atoms with Gasteiger partial charge in [0.2, 0.25) is 0 Å². The Bertz CT molecular complexity index is 1220. The van der Waals surface area contributed by atoms with Crippen molar-refractivity contribution in [3.8, 4) is 0 Å². The van der Waals surface area contributed by atoms with Crippen LogP contribution in [-0.4, -0.2) is 18.3 Å². The van der Waals surface area contributed by atoms with Crippen LogP contribution in [0.15, 0.2) is 65.7 Å². The standard InChI is InChI=1S/C35H48NP.C2H4N.CH3.Pd/c1-22(2)28-20-31(25(7)8)34(32(21-28)26(9)10)37(11)35(27-16-13-12-14-17-27)36-33-29(23(3)4)18-15-19-30(33)24(5)6;1-2-3;;/h12-26H,1-11H3;2H,1H3;1H3;/q;2*-1;/p+1. The van der Waals surface area contributed by atoms with Gasteiger partial charge in [0.25, 0.3) is 0 Å². The fraction of sp³-hybridized carbons (Fsp3) is 0.447. The molecule has 0 aliphatic rings. The number of benzene rings is 3. The Morgan fingerprint density at radius 3 is 1.43 bits per heavy atom. The molecule has 2 nitrogen and oxygen atoms in total. The largest absolute Gasteiger partial charge is 0.814 e. The Hall–Kier alpha value is -1.91. The summed E-state index contributed by atoms with van der Waals surface area (Å²) in [5.41, 5.74) is 10.9. The summed E-state index contributed by atoms with van der Waals surface area (Å²) in [6.45, 7) is 27.2. The van der Waals surface area contributed by atoms with Crippen LogP contribution in [0.2, 0.25) is 0 Å². The van der Waals surface area contributed by atoms with E-state index in [-0.39, 0.29) is 27.8 Å². The van der Waals surface area contributed by atoms with Crippen LogP contribution >= 0.6 is 7.92 Å². The van der Waals surface area contributed by atoms with Gasteiger partial charge in [-0.3, -0.25) is 0 Å². The van der Waals surface area contributed by atoms with Crippen molar-refractivity contribution in [1.29, 1.82) is 0 Å². The first kappa shape index (κ1) is 40.1. The molecule has 42 heavy (non-hydrogen) atoms. The molecule has 0 fully saturated rings. The van der Waals surface area contributed by atoms with Crippen molar-refractivity contribution in [3.63, 3.8) is 0 Å². The van der Waals surface area contributed by atoms with E-state index in [2.05, 4.69) is 137 Å². The predicted octanol–water partition coefficient (Wildman–Crippen LogP) is 11.6. The third-order valence-corrected chi connectivity index (χ3v) is 9.91. The number of rotatable bonds is 9. The molecule has 0 amide bonds. The molecule has 0 bridgehead atoms. The Balaban J connectivity index is 0.00000322. The van der Waals surface area contributed by atoms with Gasteiger partial charge in [-0.15, -0.1) is 0 Å². The molecule has 0 saturated heterocycles. The summed E-state index contributed by atoms with van der Waals surface area (Å²) in [7, 11) is -1.18. The number of hydrogen-bond donors (Lipinski definition) is 0. The van der Waals surface area contributed by atoms with Crippen LogP contribution < -0.4 is 5.30 Å². The van der Waals surface area contributed by atoms with Gasteiger partial charge in [0, 0.05) is 26.0 Å². The van der Waals surface area contributed by atoms with Crippen molar-refractivity contribution in [1.82, 2.24) is 0 Å². The van der Waals surface area contributed by atoms with Gasteiger partial charge < -0.3 is 12.8 Å². The van der Waals surface area contributed by atoms with E-state index in [1.165, 1.54) is 44.5 Å². The van der Waals surface area contributed by atoms with Gasteiger partial charge in [0.05, 0.1) is 20.3 Å². The van der Waals surface area contributed by atoms with E-state index in [1.807, 2.05) is 0 Å². The maximum Gasteiger partial charge on any atom is 0.192 e. The Morgan fingerprint density at radius 2 is 1.07 bits per heavy atom. The van der Waals surface area contributed by atoms with Crippen LogP contribution in [0, 0.1) is 7.43 Å². The Morgan fingerprint density at radius 1 is 0.667 bits per heavy atom. The van der Waals surface area contributed by atoms with Crippen LogP contribution in [0.1, 0.15) is 139 Å². The molecule has 0 aliphatic carbocycles. The van der Waals surface area contributed by atoms with Gasteiger partial charge >= 0.3 is 0 Å². The topological polar surface area (TPSA) is 34.7 Å². The van der Waals surface area contributed by atoms with Gasteiger partial charge in [0.1, 0.15) is 5.30 Å². The Kier molecular flexibility index (Phi) is 17.8. The molecule has 0 radical (unpaired) electrons. The zero-order valence-corrected chi connectivity index (χ0v) is 31.0. The molecule has 0 aliphatic heterocycles. The van der Waals surface area contributed by atoms with E-state index in [0.717, 1.165) is 6.21 Å². The molecule has 3 rings (SSSR count). The maximum atomic E-state index is 7.44. The summed E-state index contributed by atoms with van der Waals surface area (Å²) in [6.07, 6.45) is 1.00. The molecule has 3 aromatic carbocycles. The van der Waals surface area contributed by atoms with Gasteiger partial charge in [-0.1, -0.05) is 125 Å². The molecule has 4 heteroatoms. The van der Waals surface area contributed by atoms with Crippen LogP contribution in [0.3, 0.4) is 0 Å². The number of para-hydroxylation sites is 1. The maximum absolute atomic E-state index is 7.44. The molecular weight excluding hydrogens is 622 g/mol. The second-order valence-electron chi connectivity index (χ2n) is 12.3. The van der Waals surface area contributed by atoms with Crippen LogP contribution in [0.5, 0.6) is 0 Å². The molecule has 0 spiro atoms. The molecule has 1 atom stereocenters. The third-order valence-electron chi connectivity index (χ3n) is 7.48. The number of nitrogens with zero attached hydrogens (tertiary/aromatic N) is 2. The van der Waals surface area contributed by atoms with Gasteiger partial charge in [-0.05, 0) is 69.5 Å². The minimum absolute atomic E-state index is 0. The van der Waals surface area contributed by atoms with Crippen molar-refractivity contribution in [3.05, 3.63) is 107 Å². The van der Waals surface area contributed by atoms with E-state index in [4.69, 9.17) is 10.4 Å². The van der Waals surface area contributed by atoms with E-state index >= 15 is 0 Å². The minimum atomic E-state index is -1.18. The summed E-state index contributed by atoms with van der Waals surface area (Å²) >= 11 is 0. The molecule has 0 heterocycles. The number of aliphatic imine (C=N–C) groups is 1. The van der Waals surface area contributed by atoms with E-state index in [9.17, 15) is 0 Å². The first-order chi connectivity index (χ1) is 18.8. The molecule has 1 unspecified atom stereocenters. The predicted molar refractivity (Wildman–Crippen MR) is 191 cm³/mol. The summed E-state index contributed by atoms with van der Waals surface area (Å²) in [4.78, 5) is 5.67. The van der Waals surface area contributed by atoms with Crippen molar-refractivity contribution in [2.24, 2.45) is 4.99 Å². The second kappa shape index (κ2) is 18.7. The smallest absolute Gasteiger partial charge is 0.192 e. The first-order valence-corrected chi connectivity index (χ1v) is 17.1. The molecule has 0 N–H and O–H groups in total. The number of hydrogen-bond acceptors (Lipinski definition) is 1. The van der Waals surface area contributed by atoms with Crippen LogP contribution in [0.25, 0.3) is 5.41 Å². The first-order valence-electron chi connectivity index (χ1n) is 15.1. The average molecular weight is 678 g/mol. The average Bonchev–Trinajstić information content (AvgIpc) is 2.91. The summed E-state index contributed by atoms with van der Waals surface area (Å²) < 4.78 is 0. The molecule has 234 valence electrons. The summed E-state index contributed by atoms with van der Waals surface area (Å²) in [6, 6.07) is 22.7. The third kappa shape index (κ3) is 10.1. The van der Waals surface area contributed by atoms with Crippen molar-refractivity contribution >= 4 is 30.6 Å². The van der Waals surface area contributed by atoms with Crippen LogP contribution in [0.4, 0.5) is 5.69 Å². The zero-order chi connectivity index (χ0) is 30.1. The summed E-state index contributed by atoms with van der Waals surface area (Å²) in [5, 5.41) is 9.01. The second-order valence-corrected chi connectivity index (χ2v) is 14.6. The minimum Gasteiger partial charge on any atom is -0.814 e. The van der Waals surface area contributed by atoms with Crippen LogP contribution in [-0.2, 0) is 20.4 Å². The van der Waals surface area contributed by atoms with E-state index in [1.54, 1.807) is 12.2 Å². The molecular formula is C38H56N2PPd-. The normalized spacial score (nSPS) is 12.2. The molecule has 0 saturated carbocycles. The van der Waals surface area contributed by atoms with Crippen molar-refractivity contribution < 1.29 is 20.4 Å². The van der Waals surface area contributed by atoms with Crippen molar-refractivity contribution in [2.45, 2.75) is 106 Å². The fourth-order valence-corrected chi connectivity index (χ4v) is 7.92. The molecule has 3 aromatic rings. The zero-order valence-electron chi connectivity index (χ0n) is 28.4. The van der Waals surface area contributed by atoms with E-state index < -0.39 is 7.92 Å². The van der Waals surface area contributed by atoms with E-state index in [0.29, 0.717) is 29.6 Å². The fourth-order valence-electron chi connectivity index (χ4n) is 5.22. The summed E-state index contributed by atoms with van der Waals surface area (Å²) in [5.74, 6) is 2.30. The van der Waals surface area contributed by atoms with Gasteiger partial charge in [-0.2, -0.15) is 0 Å². The van der Waals surface area contributed by atoms with Crippen molar-refractivity contribution in [2.75, 3.05) is 6.66 Å².